The minimum atomic E-state index is -0.461. The largest absolute Gasteiger partial charge is 0.496 e. The number of methoxy groups -OCH3 is 2. The number of unbranched alkanes of at least 4 members (excludes halogenated alkanes) is 10. The summed E-state index contributed by atoms with van der Waals surface area (Å²) in [5.74, 6) is 3.77. The van der Waals surface area contributed by atoms with Crippen LogP contribution in [0, 0.1) is 0 Å². The van der Waals surface area contributed by atoms with Gasteiger partial charge in [0, 0.05) is 23.6 Å². The van der Waals surface area contributed by atoms with Gasteiger partial charge in [0.1, 0.15) is 35.4 Å². The van der Waals surface area contributed by atoms with Crippen molar-refractivity contribution >= 4 is 18.1 Å². The zero-order valence-electron chi connectivity index (χ0n) is 36.9. The average molecular weight is 831 g/mol. The van der Waals surface area contributed by atoms with Crippen molar-refractivity contribution in [3.8, 4) is 34.5 Å². The Labute approximate surface area is 364 Å². The van der Waals surface area contributed by atoms with E-state index in [1.54, 1.807) is 20.3 Å². The maximum Gasteiger partial charge on any atom is 0.336 e. The topological polar surface area (TPSA) is 81.7 Å². The van der Waals surface area contributed by atoms with Crippen molar-refractivity contribution in [2.75, 3.05) is 34.0 Å². The van der Waals surface area contributed by atoms with Gasteiger partial charge in [0.15, 0.2) is 5.75 Å². The van der Waals surface area contributed by atoms with Crippen molar-refractivity contribution in [3.05, 3.63) is 118 Å². The van der Waals surface area contributed by atoms with Crippen LogP contribution < -0.4 is 28.6 Å². The summed E-state index contributed by atoms with van der Waals surface area (Å²) in [5.41, 5.74) is 6.17. The van der Waals surface area contributed by atoms with Crippen LogP contribution in [0.15, 0.2) is 84.9 Å². The molecule has 0 saturated carbocycles. The molecular weight excluding hydrogens is 765 g/mol. The molecule has 4 aromatic carbocycles. The summed E-state index contributed by atoms with van der Waals surface area (Å²) >= 11 is 0. The molecule has 2 aliphatic carbocycles. The van der Waals surface area contributed by atoms with Gasteiger partial charge in [-0.2, -0.15) is 4.89 Å². The molecule has 0 radical (unpaired) electrons. The highest BCUT2D eigenvalue weighted by Gasteiger charge is 2.47. The van der Waals surface area contributed by atoms with Crippen LogP contribution in [0.5, 0.6) is 34.5 Å². The number of fused-ring (bicyclic) bond motifs is 4. The van der Waals surface area contributed by atoms with Crippen molar-refractivity contribution in [1.29, 1.82) is 0 Å². The van der Waals surface area contributed by atoms with Crippen LogP contribution in [0.2, 0.25) is 0 Å². The Balaban J connectivity index is 1.04. The van der Waals surface area contributed by atoms with Crippen molar-refractivity contribution in [1.82, 2.24) is 0 Å². The highest BCUT2D eigenvalue weighted by molar-refractivity contribution is 5.89. The van der Waals surface area contributed by atoms with E-state index in [2.05, 4.69) is 19.9 Å². The van der Waals surface area contributed by atoms with Crippen molar-refractivity contribution in [3.63, 3.8) is 0 Å². The number of hydrogen-bond acceptors (Lipinski definition) is 8. The van der Waals surface area contributed by atoms with E-state index >= 15 is 0 Å². The minimum absolute atomic E-state index is 0.267. The van der Waals surface area contributed by atoms with E-state index in [9.17, 15) is 4.79 Å². The standard InChI is InChI=1S/C53H66O8/c1-5-7-9-11-13-15-33-57-42-24-19-40(20-25-42)18-17-35-59-61-45-37-49-47(51(39-45)56-4)30-32-53(49)31-29-46-48(53)36-44(38-50(46)55-3)60-52(54)28-23-41-21-26-43(27-22-41)58-34-16-14-12-10-8-6-2/h17-28,36-39H,5-16,29-35H2,1-4H3/b18-17+,28-23+. The fourth-order valence-electron chi connectivity index (χ4n) is 8.70. The molecule has 0 saturated heterocycles. The van der Waals surface area contributed by atoms with Crippen LogP contribution in [0.1, 0.15) is 137 Å². The highest BCUT2D eigenvalue weighted by Crippen LogP contribution is 2.57. The smallest absolute Gasteiger partial charge is 0.336 e. The fourth-order valence-corrected chi connectivity index (χ4v) is 8.70. The first-order chi connectivity index (χ1) is 30.0. The van der Waals surface area contributed by atoms with E-state index < -0.39 is 5.97 Å². The SMILES string of the molecule is CCCCCCCCOc1ccc(/C=C/COOc2cc(OC)c3c(c2)C2(CC3)CCc3c(OC)cc(OC(=O)/C=C/c4ccc(OCCCCCCCC)cc4)cc32)cc1. The molecule has 0 fully saturated rings. The second-order valence-electron chi connectivity index (χ2n) is 16.3. The Kier molecular flexibility index (Phi) is 17.6. The van der Waals surface area contributed by atoms with Gasteiger partial charge in [-0.15, -0.1) is 0 Å². The molecule has 4 aromatic rings. The number of carbonyl (C=O) groups excluding carboxylic acids is 1. The number of rotatable bonds is 26. The number of benzene rings is 4. The molecule has 0 heterocycles. The molecular formula is C53H66O8. The van der Waals surface area contributed by atoms with Gasteiger partial charge in [-0.1, -0.05) is 114 Å². The van der Waals surface area contributed by atoms with E-state index in [1.807, 2.05) is 78.9 Å². The lowest BCUT2D eigenvalue weighted by Gasteiger charge is -2.28. The van der Waals surface area contributed by atoms with Gasteiger partial charge in [0.25, 0.3) is 0 Å². The lowest BCUT2D eigenvalue weighted by atomic mass is 9.76. The highest BCUT2D eigenvalue weighted by atomic mass is 17.2. The van der Waals surface area contributed by atoms with Gasteiger partial charge in [-0.05, 0) is 114 Å². The summed E-state index contributed by atoms with van der Waals surface area (Å²) in [7, 11) is 3.35. The monoisotopic (exact) mass is 830 g/mol. The van der Waals surface area contributed by atoms with Gasteiger partial charge >= 0.3 is 5.97 Å². The molecule has 1 atom stereocenters. The Morgan fingerprint density at radius 3 is 1.62 bits per heavy atom. The molecule has 0 aliphatic heterocycles. The Morgan fingerprint density at radius 2 is 1.08 bits per heavy atom. The normalized spacial score (nSPS) is 15.3. The van der Waals surface area contributed by atoms with Gasteiger partial charge in [-0.3, -0.25) is 0 Å². The Bertz CT molecular complexity index is 2030. The predicted octanol–water partition coefficient (Wildman–Crippen LogP) is 13.0. The molecule has 1 unspecified atom stereocenters. The van der Waals surface area contributed by atoms with Crippen LogP contribution in [0.25, 0.3) is 12.2 Å². The molecule has 2 aliphatic rings. The second-order valence-corrected chi connectivity index (χ2v) is 16.3. The van der Waals surface area contributed by atoms with Crippen LogP contribution in [0.3, 0.4) is 0 Å². The van der Waals surface area contributed by atoms with Crippen molar-refractivity contribution in [2.45, 2.75) is 122 Å². The van der Waals surface area contributed by atoms with E-state index in [-0.39, 0.29) is 12.0 Å². The van der Waals surface area contributed by atoms with Crippen LogP contribution in [0.4, 0.5) is 0 Å². The quantitative estimate of drug-likeness (QED) is 0.0155. The number of hydrogen-bond donors (Lipinski definition) is 0. The first-order valence-electron chi connectivity index (χ1n) is 22.7. The van der Waals surface area contributed by atoms with Gasteiger partial charge in [-0.25, -0.2) is 4.79 Å². The number of carbonyl (C=O) groups is 1. The lowest BCUT2D eigenvalue weighted by molar-refractivity contribution is -0.195. The number of esters is 1. The molecule has 8 heteroatoms. The van der Waals surface area contributed by atoms with Gasteiger partial charge < -0.3 is 28.6 Å². The Morgan fingerprint density at radius 1 is 0.590 bits per heavy atom. The maximum absolute atomic E-state index is 13.1. The van der Waals surface area contributed by atoms with Crippen LogP contribution in [-0.2, 0) is 27.9 Å². The van der Waals surface area contributed by atoms with E-state index in [0.29, 0.717) is 18.1 Å². The van der Waals surface area contributed by atoms with Gasteiger partial charge in [0.05, 0.1) is 27.4 Å². The lowest BCUT2D eigenvalue weighted by Crippen LogP contribution is -2.21. The zero-order valence-corrected chi connectivity index (χ0v) is 36.9. The van der Waals surface area contributed by atoms with E-state index in [1.165, 1.54) is 70.3 Å². The Hall–Kier alpha value is -5.21. The van der Waals surface area contributed by atoms with Crippen molar-refractivity contribution < 1.29 is 38.3 Å². The third-order valence-electron chi connectivity index (χ3n) is 12.0. The van der Waals surface area contributed by atoms with Crippen LogP contribution >= 0.6 is 0 Å². The summed E-state index contributed by atoms with van der Waals surface area (Å²) in [4.78, 5) is 24.7. The molecule has 1 spiro atoms. The predicted molar refractivity (Wildman–Crippen MR) is 244 cm³/mol. The molecule has 0 N–H and O–H groups in total. The summed E-state index contributed by atoms with van der Waals surface area (Å²) in [5, 5.41) is 0. The molecule has 326 valence electrons. The molecule has 6 rings (SSSR count). The first kappa shape index (κ1) is 45.3. The third-order valence-corrected chi connectivity index (χ3v) is 12.0. The first-order valence-corrected chi connectivity index (χ1v) is 22.7. The summed E-state index contributed by atoms with van der Waals surface area (Å²) in [6, 6.07) is 23.7. The summed E-state index contributed by atoms with van der Waals surface area (Å²) in [6.45, 7) is 6.21. The maximum atomic E-state index is 13.1. The second kappa shape index (κ2) is 23.7. The van der Waals surface area contributed by atoms with Crippen molar-refractivity contribution in [2.24, 2.45) is 0 Å². The minimum Gasteiger partial charge on any atom is -0.496 e. The summed E-state index contributed by atoms with van der Waals surface area (Å²) in [6.07, 6.45) is 25.5. The molecule has 0 aromatic heterocycles. The zero-order chi connectivity index (χ0) is 42.7. The fraction of sp³-hybridized carbons (Fsp3) is 0.453. The molecule has 61 heavy (non-hydrogen) atoms. The van der Waals surface area contributed by atoms with E-state index in [0.717, 1.165) is 102 Å². The molecule has 0 bridgehead atoms. The molecule has 8 nitrogen and oxygen atoms in total. The third kappa shape index (κ3) is 12.7. The average Bonchev–Trinajstić information content (AvgIpc) is 3.85. The van der Waals surface area contributed by atoms with Crippen LogP contribution in [-0.4, -0.2) is 40.0 Å². The summed E-state index contributed by atoms with van der Waals surface area (Å²) < 4.78 is 29.5. The number of ether oxygens (including phenoxy) is 5. The van der Waals surface area contributed by atoms with Gasteiger partial charge in [0.2, 0.25) is 0 Å². The van der Waals surface area contributed by atoms with E-state index in [4.69, 9.17) is 33.5 Å². The molecule has 0 amide bonds.